The third-order valence-electron chi connectivity index (χ3n) is 3.26. The number of carbonyl (C=O) groups is 1. The van der Waals surface area contributed by atoms with Crippen molar-refractivity contribution in [1.82, 2.24) is 4.57 Å². The maximum atomic E-state index is 12.3. The maximum absolute atomic E-state index is 12.3. The zero-order chi connectivity index (χ0) is 12.7. The summed E-state index contributed by atoms with van der Waals surface area (Å²) in [4.78, 5) is 12.3. The summed E-state index contributed by atoms with van der Waals surface area (Å²) in [6, 6.07) is 7.34. The number of ketones is 1. The van der Waals surface area contributed by atoms with Crippen LogP contribution < -0.4 is 9.47 Å². The Morgan fingerprint density at radius 1 is 1.17 bits per heavy atom. The van der Waals surface area contributed by atoms with E-state index in [2.05, 4.69) is 0 Å². The molecule has 4 heteroatoms. The summed E-state index contributed by atoms with van der Waals surface area (Å²) in [5.41, 5.74) is 2.37. The highest BCUT2D eigenvalue weighted by Crippen LogP contribution is 2.34. The van der Waals surface area contributed by atoms with Gasteiger partial charge >= 0.3 is 0 Å². The van der Waals surface area contributed by atoms with Crippen LogP contribution in [0, 0.1) is 0 Å². The Bertz CT molecular complexity index is 628. The molecule has 0 radical (unpaired) electrons. The summed E-state index contributed by atoms with van der Waals surface area (Å²) in [6.07, 6.45) is 1.91. The van der Waals surface area contributed by atoms with Gasteiger partial charge in [0, 0.05) is 18.3 Å². The Hall–Kier alpha value is -2.23. The first-order chi connectivity index (χ1) is 8.74. The molecule has 0 atom stereocenters. The molecule has 92 valence electrons. The minimum absolute atomic E-state index is 0.0298. The normalized spacial score (nSPS) is 12.9. The van der Waals surface area contributed by atoms with Crippen molar-refractivity contribution >= 4 is 5.78 Å². The molecule has 1 aliphatic rings. The second kappa shape index (κ2) is 3.91. The summed E-state index contributed by atoms with van der Waals surface area (Å²) in [5.74, 6) is 1.27. The van der Waals surface area contributed by atoms with Crippen LogP contribution in [0.5, 0.6) is 11.5 Å². The van der Waals surface area contributed by atoms with Crippen molar-refractivity contribution < 1.29 is 14.3 Å². The quantitative estimate of drug-likeness (QED) is 0.692. The van der Waals surface area contributed by atoms with E-state index in [-0.39, 0.29) is 5.78 Å². The minimum Gasteiger partial charge on any atom is -0.493 e. The number of hydrogen-bond acceptors (Lipinski definition) is 3. The van der Waals surface area contributed by atoms with Gasteiger partial charge in [-0.2, -0.15) is 0 Å². The monoisotopic (exact) mass is 243 g/mol. The van der Waals surface area contributed by atoms with Crippen LogP contribution in [0.2, 0.25) is 0 Å². The van der Waals surface area contributed by atoms with Gasteiger partial charge in [-0.1, -0.05) is 0 Å². The Balaban J connectivity index is 2.18. The molecule has 1 aromatic heterocycles. The molecular weight excluding hydrogens is 230 g/mol. The zero-order valence-electron chi connectivity index (χ0n) is 10.3. The molecule has 1 aliphatic heterocycles. The zero-order valence-corrected chi connectivity index (χ0v) is 10.3. The van der Waals surface area contributed by atoms with Gasteiger partial charge in [-0.3, -0.25) is 4.79 Å². The fourth-order valence-corrected chi connectivity index (χ4v) is 2.34. The van der Waals surface area contributed by atoms with E-state index < -0.39 is 0 Å². The van der Waals surface area contributed by atoms with Gasteiger partial charge < -0.3 is 14.0 Å². The van der Waals surface area contributed by atoms with E-state index in [0.29, 0.717) is 23.6 Å². The second-order valence-corrected chi connectivity index (χ2v) is 4.21. The summed E-state index contributed by atoms with van der Waals surface area (Å²) in [7, 11) is 3.16. The average Bonchev–Trinajstić information content (AvgIpc) is 2.86. The summed E-state index contributed by atoms with van der Waals surface area (Å²) >= 11 is 0. The summed E-state index contributed by atoms with van der Waals surface area (Å²) < 4.78 is 12.4. The van der Waals surface area contributed by atoms with Crippen LogP contribution in [0.25, 0.3) is 0 Å². The molecule has 0 spiro atoms. The van der Waals surface area contributed by atoms with Gasteiger partial charge in [0.1, 0.15) is 0 Å². The van der Waals surface area contributed by atoms with Crippen molar-refractivity contribution in [3.8, 4) is 11.5 Å². The molecule has 2 aromatic rings. The van der Waals surface area contributed by atoms with E-state index in [1.54, 1.807) is 20.3 Å². The molecule has 4 nitrogen and oxygen atoms in total. The van der Waals surface area contributed by atoms with Crippen molar-refractivity contribution in [2.75, 3.05) is 14.2 Å². The highest BCUT2D eigenvalue weighted by atomic mass is 16.5. The fourth-order valence-electron chi connectivity index (χ4n) is 2.34. The number of ether oxygens (including phenoxy) is 2. The van der Waals surface area contributed by atoms with E-state index in [4.69, 9.17) is 9.47 Å². The lowest BCUT2D eigenvalue weighted by Crippen LogP contribution is -2.19. The Kier molecular flexibility index (Phi) is 2.37. The van der Waals surface area contributed by atoms with Gasteiger partial charge in [-0.15, -0.1) is 0 Å². The van der Waals surface area contributed by atoms with Gasteiger partial charge in [0.2, 0.25) is 5.78 Å². The van der Waals surface area contributed by atoms with E-state index in [0.717, 1.165) is 11.3 Å². The number of aromatic nitrogens is 1. The van der Waals surface area contributed by atoms with E-state index >= 15 is 0 Å². The third kappa shape index (κ3) is 1.42. The molecule has 0 saturated heterocycles. The van der Waals surface area contributed by atoms with Crippen LogP contribution >= 0.6 is 0 Å². The van der Waals surface area contributed by atoms with Gasteiger partial charge in [-0.25, -0.2) is 0 Å². The molecule has 0 unspecified atom stereocenters. The standard InChI is InChI=1S/C14H13NO3/c1-17-12-6-9-8-15-5-3-4-11(15)14(16)10(9)7-13(12)18-2/h3-7H,8H2,1-2H3. The minimum atomic E-state index is 0.0298. The average molecular weight is 243 g/mol. The molecule has 2 heterocycles. The van der Waals surface area contributed by atoms with Crippen molar-refractivity contribution in [2.45, 2.75) is 6.54 Å². The molecule has 0 bridgehead atoms. The Morgan fingerprint density at radius 2 is 1.89 bits per heavy atom. The molecule has 0 saturated carbocycles. The van der Waals surface area contributed by atoms with Gasteiger partial charge in [-0.05, 0) is 29.8 Å². The SMILES string of the molecule is COc1cc2c(cc1OC)C(=O)c1cccn1C2. The molecule has 0 fully saturated rings. The largest absolute Gasteiger partial charge is 0.493 e. The molecule has 0 aliphatic carbocycles. The van der Waals surface area contributed by atoms with Gasteiger partial charge in [0.15, 0.2) is 11.5 Å². The van der Waals surface area contributed by atoms with Crippen LogP contribution in [0.3, 0.4) is 0 Å². The lowest BCUT2D eigenvalue weighted by molar-refractivity contribution is 0.102. The van der Waals surface area contributed by atoms with Crippen molar-refractivity contribution in [3.05, 3.63) is 47.3 Å². The fraction of sp³-hybridized carbons (Fsp3) is 0.214. The number of benzene rings is 1. The van der Waals surface area contributed by atoms with E-state index in [9.17, 15) is 4.79 Å². The van der Waals surface area contributed by atoms with Crippen LogP contribution in [0.4, 0.5) is 0 Å². The first kappa shape index (κ1) is 10.9. The number of nitrogens with zero attached hydrogens (tertiary/aromatic N) is 1. The first-order valence-electron chi connectivity index (χ1n) is 5.69. The van der Waals surface area contributed by atoms with E-state index in [1.165, 1.54) is 0 Å². The maximum Gasteiger partial charge on any atom is 0.209 e. The van der Waals surface area contributed by atoms with Crippen molar-refractivity contribution in [2.24, 2.45) is 0 Å². The summed E-state index contributed by atoms with van der Waals surface area (Å²) in [5, 5.41) is 0. The van der Waals surface area contributed by atoms with Crippen LogP contribution in [-0.2, 0) is 6.54 Å². The smallest absolute Gasteiger partial charge is 0.209 e. The Labute approximate surface area is 105 Å². The van der Waals surface area contributed by atoms with Crippen molar-refractivity contribution in [1.29, 1.82) is 0 Å². The van der Waals surface area contributed by atoms with Crippen LogP contribution in [0.15, 0.2) is 30.5 Å². The predicted octanol–water partition coefficient (Wildman–Crippen LogP) is 2.10. The van der Waals surface area contributed by atoms with Crippen molar-refractivity contribution in [3.63, 3.8) is 0 Å². The number of carbonyl (C=O) groups excluding carboxylic acids is 1. The Morgan fingerprint density at radius 3 is 2.61 bits per heavy atom. The molecule has 0 N–H and O–H groups in total. The number of rotatable bonds is 2. The molecule has 1 aromatic carbocycles. The predicted molar refractivity (Wildman–Crippen MR) is 66.5 cm³/mol. The van der Waals surface area contributed by atoms with Crippen LogP contribution in [-0.4, -0.2) is 24.6 Å². The molecular formula is C14H13NO3. The molecule has 0 amide bonds. The molecule has 3 rings (SSSR count). The number of fused-ring (bicyclic) bond motifs is 2. The second-order valence-electron chi connectivity index (χ2n) is 4.21. The number of methoxy groups -OCH3 is 2. The highest BCUT2D eigenvalue weighted by Gasteiger charge is 2.24. The molecule has 18 heavy (non-hydrogen) atoms. The summed E-state index contributed by atoms with van der Waals surface area (Å²) in [6.45, 7) is 0.684. The van der Waals surface area contributed by atoms with E-state index in [1.807, 2.05) is 29.0 Å². The lowest BCUT2D eigenvalue weighted by atomic mass is 9.97. The number of hydrogen-bond donors (Lipinski definition) is 0. The first-order valence-corrected chi connectivity index (χ1v) is 5.69. The highest BCUT2D eigenvalue weighted by molar-refractivity contribution is 6.10. The van der Waals surface area contributed by atoms with Gasteiger partial charge in [0.05, 0.1) is 19.9 Å². The lowest BCUT2D eigenvalue weighted by Gasteiger charge is -2.20. The third-order valence-corrected chi connectivity index (χ3v) is 3.26. The van der Waals surface area contributed by atoms with Crippen LogP contribution in [0.1, 0.15) is 21.6 Å². The van der Waals surface area contributed by atoms with Gasteiger partial charge in [0.25, 0.3) is 0 Å². The topological polar surface area (TPSA) is 40.5 Å².